The molecule has 4 nitrogen and oxygen atoms in total. The number of hydrogen-bond acceptors (Lipinski definition) is 3. The molecule has 1 N–H and O–H groups in total. The van der Waals surface area contributed by atoms with Crippen molar-refractivity contribution in [2.24, 2.45) is 0 Å². The van der Waals surface area contributed by atoms with Crippen LogP contribution in [0.15, 0.2) is 48.5 Å². The fourth-order valence-corrected chi connectivity index (χ4v) is 2.83. The number of aromatic hydroxyl groups is 1. The number of rotatable bonds is 3. The van der Waals surface area contributed by atoms with Gasteiger partial charge in [-0.1, -0.05) is 23.7 Å². The Morgan fingerprint density at radius 1 is 1.09 bits per heavy atom. The second-order valence-corrected chi connectivity index (χ2v) is 6.02. The van der Waals surface area contributed by atoms with E-state index in [2.05, 4.69) is 0 Å². The van der Waals surface area contributed by atoms with Gasteiger partial charge in [-0.3, -0.25) is 4.79 Å². The molecule has 0 unspecified atom stereocenters. The number of piperidine rings is 1. The number of benzene rings is 2. The highest BCUT2D eigenvalue weighted by Gasteiger charge is 2.25. The van der Waals surface area contributed by atoms with E-state index in [1.54, 1.807) is 35.2 Å². The third-order valence-electron chi connectivity index (χ3n) is 3.98. The maximum absolute atomic E-state index is 12.4. The molecule has 1 heterocycles. The number of amides is 1. The molecule has 1 aliphatic rings. The van der Waals surface area contributed by atoms with Crippen LogP contribution >= 0.6 is 11.6 Å². The van der Waals surface area contributed by atoms with Gasteiger partial charge in [0.2, 0.25) is 0 Å². The Morgan fingerprint density at radius 3 is 2.39 bits per heavy atom. The zero-order valence-corrected chi connectivity index (χ0v) is 13.4. The van der Waals surface area contributed by atoms with Crippen LogP contribution < -0.4 is 4.74 Å². The van der Waals surface area contributed by atoms with Gasteiger partial charge in [-0.05, 0) is 36.4 Å². The molecule has 0 bridgehead atoms. The Labute approximate surface area is 140 Å². The van der Waals surface area contributed by atoms with Crippen molar-refractivity contribution in [2.75, 3.05) is 13.1 Å². The van der Waals surface area contributed by atoms with Crippen molar-refractivity contribution in [1.29, 1.82) is 0 Å². The highest BCUT2D eigenvalue weighted by atomic mass is 35.5. The van der Waals surface area contributed by atoms with Crippen molar-refractivity contribution in [3.05, 3.63) is 59.1 Å². The van der Waals surface area contributed by atoms with Gasteiger partial charge in [-0.2, -0.15) is 0 Å². The summed E-state index contributed by atoms with van der Waals surface area (Å²) in [6.07, 6.45) is 1.62. The fraction of sp³-hybridized carbons (Fsp3) is 0.278. The van der Waals surface area contributed by atoms with E-state index in [1.807, 2.05) is 12.1 Å². The Morgan fingerprint density at radius 2 is 1.74 bits per heavy atom. The largest absolute Gasteiger partial charge is 0.507 e. The minimum atomic E-state index is -0.131. The molecule has 0 saturated carbocycles. The van der Waals surface area contributed by atoms with Crippen LogP contribution in [-0.4, -0.2) is 35.1 Å². The van der Waals surface area contributed by atoms with E-state index < -0.39 is 0 Å². The number of carbonyl (C=O) groups is 1. The molecule has 0 atom stereocenters. The summed E-state index contributed by atoms with van der Waals surface area (Å²) in [7, 11) is 0. The van der Waals surface area contributed by atoms with Crippen molar-refractivity contribution in [3.63, 3.8) is 0 Å². The molecule has 23 heavy (non-hydrogen) atoms. The minimum absolute atomic E-state index is 0.0250. The van der Waals surface area contributed by atoms with Crippen molar-refractivity contribution in [1.82, 2.24) is 4.90 Å². The molecular weight excluding hydrogens is 314 g/mol. The summed E-state index contributed by atoms with van der Waals surface area (Å²) in [5, 5.41) is 10.5. The smallest absolute Gasteiger partial charge is 0.257 e. The van der Waals surface area contributed by atoms with Crippen molar-refractivity contribution >= 4 is 17.5 Å². The number of nitrogens with zero attached hydrogens (tertiary/aromatic N) is 1. The van der Waals surface area contributed by atoms with E-state index in [0.717, 1.165) is 18.6 Å². The first-order chi connectivity index (χ1) is 11.1. The first kappa shape index (κ1) is 15.7. The van der Waals surface area contributed by atoms with Crippen LogP contribution in [0.2, 0.25) is 5.02 Å². The number of para-hydroxylation sites is 1. The fourth-order valence-electron chi connectivity index (χ4n) is 2.71. The molecule has 0 aromatic heterocycles. The second-order valence-electron chi connectivity index (χ2n) is 5.58. The predicted octanol–water partition coefficient (Wildman–Crippen LogP) is 3.73. The molecule has 1 amide bonds. The quantitative estimate of drug-likeness (QED) is 0.932. The molecule has 1 aliphatic heterocycles. The van der Waals surface area contributed by atoms with Crippen LogP contribution in [-0.2, 0) is 0 Å². The predicted molar refractivity (Wildman–Crippen MR) is 89.1 cm³/mol. The number of halogens is 1. The SMILES string of the molecule is O=C(c1ccccc1O)N1CCC(Oc2ccc(Cl)cc2)CC1. The Kier molecular flexibility index (Phi) is 4.72. The summed E-state index contributed by atoms with van der Waals surface area (Å²) >= 11 is 5.86. The zero-order valence-electron chi connectivity index (χ0n) is 12.6. The average molecular weight is 332 g/mol. The van der Waals surface area contributed by atoms with Crippen LogP contribution in [0.3, 0.4) is 0 Å². The summed E-state index contributed by atoms with van der Waals surface area (Å²) < 4.78 is 5.92. The maximum atomic E-state index is 12.4. The summed E-state index contributed by atoms with van der Waals surface area (Å²) in [6, 6.07) is 13.9. The third-order valence-corrected chi connectivity index (χ3v) is 4.23. The van der Waals surface area contributed by atoms with Crippen LogP contribution in [0.4, 0.5) is 0 Å². The van der Waals surface area contributed by atoms with Crippen LogP contribution in [0.5, 0.6) is 11.5 Å². The van der Waals surface area contributed by atoms with Gasteiger partial charge < -0.3 is 14.7 Å². The van der Waals surface area contributed by atoms with E-state index in [-0.39, 0.29) is 17.8 Å². The molecule has 1 saturated heterocycles. The summed E-state index contributed by atoms with van der Waals surface area (Å²) in [5.41, 5.74) is 0.351. The van der Waals surface area contributed by atoms with Crippen LogP contribution in [0, 0.1) is 0 Å². The van der Waals surface area contributed by atoms with Crippen molar-refractivity contribution in [3.8, 4) is 11.5 Å². The molecule has 3 rings (SSSR count). The number of phenolic OH excluding ortho intramolecular Hbond substituents is 1. The number of ether oxygens (including phenoxy) is 1. The van der Waals surface area contributed by atoms with Crippen molar-refractivity contribution in [2.45, 2.75) is 18.9 Å². The molecule has 2 aromatic rings. The topological polar surface area (TPSA) is 49.8 Å². The first-order valence-electron chi connectivity index (χ1n) is 7.63. The van der Waals surface area contributed by atoms with Gasteiger partial charge in [0.05, 0.1) is 5.56 Å². The minimum Gasteiger partial charge on any atom is -0.507 e. The van der Waals surface area contributed by atoms with E-state index in [4.69, 9.17) is 16.3 Å². The standard InChI is InChI=1S/C18H18ClNO3/c19-13-5-7-14(8-6-13)23-15-9-11-20(12-10-15)18(22)16-3-1-2-4-17(16)21/h1-8,15,21H,9-12H2. The average Bonchev–Trinajstić information content (AvgIpc) is 2.57. The molecule has 0 aliphatic carbocycles. The third kappa shape index (κ3) is 3.77. The zero-order chi connectivity index (χ0) is 16.2. The van der Waals surface area contributed by atoms with E-state index in [1.165, 1.54) is 6.07 Å². The number of phenols is 1. The van der Waals surface area contributed by atoms with Gasteiger partial charge in [0.1, 0.15) is 17.6 Å². The van der Waals surface area contributed by atoms with E-state index >= 15 is 0 Å². The molecule has 1 fully saturated rings. The molecule has 5 heteroatoms. The van der Waals surface area contributed by atoms with Gasteiger partial charge in [-0.15, -0.1) is 0 Å². The normalized spacial score (nSPS) is 15.4. The summed E-state index contributed by atoms with van der Waals surface area (Å²) in [6.45, 7) is 1.23. The highest BCUT2D eigenvalue weighted by molar-refractivity contribution is 6.30. The van der Waals surface area contributed by atoms with Gasteiger partial charge in [-0.25, -0.2) is 0 Å². The van der Waals surface area contributed by atoms with Crippen LogP contribution in [0.25, 0.3) is 0 Å². The van der Waals surface area contributed by atoms with Gasteiger partial charge in [0.15, 0.2) is 0 Å². The van der Waals surface area contributed by atoms with Crippen molar-refractivity contribution < 1.29 is 14.6 Å². The lowest BCUT2D eigenvalue weighted by Crippen LogP contribution is -2.41. The summed E-state index contributed by atoms with van der Waals surface area (Å²) in [4.78, 5) is 14.2. The molecule has 2 aromatic carbocycles. The monoisotopic (exact) mass is 331 g/mol. The lowest BCUT2D eigenvalue weighted by Gasteiger charge is -2.32. The Hall–Kier alpha value is -2.20. The first-order valence-corrected chi connectivity index (χ1v) is 8.01. The maximum Gasteiger partial charge on any atom is 0.257 e. The molecular formula is C18H18ClNO3. The second kappa shape index (κ2) is 6.92. The molecule has 0 radical (unpaired) electrons. The lowest BCUT2D eigenvalue weighted by molar-refractivity contribution is 0.0593. The molecule has 0 spiro atoms. The number of carbonyl (C=O) groups excluding carboxylic acids is 1. The Bertz CT molecular complexity index is 679. The van der Waals surface area contributed by atoms with Gasteiger partial charge in [0, 0.05) is 31.0 Å². The molecule has 120 valence electrons. The van der Waals surface area contributed by atoms with E-state index in [0.29, 0.717) is 23.7 Å². The van der Waals surface area contributed by atoms with Gasteiger partial charge >= 0.3 is 0 Å². The number of likely N-dealkylation sites (tertiary alicyclic amines) is 1. The summed E-state index contributed by atoms with van der Waals surface area (Å²) in [5.74, 6) is 0.685. The van der Waals surface area contributed by atoms with Gasteiger partial charge in [0.25, 0.3) is 5.91 Å². The number of hydrogen-bond donors (Lipinski definition) is 1. The highest BCUT2D eigenvalue weighted by Crippen LogP contribution is 2.23. The van der Waals surface area contributed by atoms with E-state index in [9.17, 15) is 9.90 Å². The Balaban J connectivity index is 1.57. The van der Waals surface area contributed by atoms with Crippen LogP contribution in [0.1, 0.15) is 23.2 Å². The lowest BCUT2D eigenvalue weighted by atomic mass is 10.1.